The molecule has 0 aromatic rings. The van der Waals surface area contributed by atoms with E-state index in [1.807, 2.05) is 0 Å². The minimum absolute atomic E-state index is 0.279. The molecule has 1 aliphatic carbocycles. The molecule has 0 spiro atoms. The molecule has 1 rings (SSSR count). The summed E-state index contributed by atoms with van der Waals surface area (Å²) in [6, 6.07) is 0.279. The summed E-state index contributed by atoms with van der Waals surface area (Å²) >= 11 is 5.31. The highest BCUT2D eigenvalue weighted by Gasteiger charge is 2.33. The number of ether oxygens (including phenoxy) is 1. The molecule has 0 radical (unpaired) electrons. The zero-order valence-corrected chi connectivity index (χ0v) is 10.9. The highest BCUT2D eigenvalue weighted by atomic mass is 32.1. The maximum atomic E-state index is 5.31. The van der Waals surface area contributed by atoms with Gasteiger partial charge in [-0.15, -0.1) is 0 Å². The van der Waals surface area contributed by atoms with E-state index < -0.39 is 0 Å². The first-order chi connectivity index (χ1) is 7.04. The van der Waals surface area contributed by atoms with E-state index in [1.165, 1.54) is 6.42 Å². The fourth-order valence-electron chi connectivity index (χ4n) is 1.70. The summed E-state index contributed by atoms with van der Waals surface area (Å²) in [6.07, 6.45) is 1.35. The number of hydrogen-bond acceptors (Lipinski definition) is 2. The summed E-state index contributed by atoms with van der Waals surface area (Å²) in [5.74, 6) is 1.72. The molecule has 1 aliphatic rings. The lowest BCUT2D eigenvalue weighted by molar-refractivity contribution is 0.178. The van der Waals surface area contributed by atoms with Crippen LogP contribution in [0.3, 0.4) is 0 Å². The Labute approximate surface area is 98.2 Å². The number of thiocarbonyl (C=S) groups is 1. The van der Waals surface area contributed by atoms with Gasteiger partial charge in [0.15, 0.2) is 5.11 Å². The van der Waals surface area contributed by atoms with Crippen LogP contribution in [-0.4, -0.2) is 43.4 Å². The summed E-state index contributed by atoms with van der Waals surface area (Å²) in [5, 5.41) is 4.09. The van der Waals surface area contributed by atoms with Gasteiger partial charge in [0.05, 0.1) is 6.61 Å². The second kappa shape index (κ2) is 5.66. The van der Waals surface area contributed by atoms with Gasteiger partial charge in [-0.05, 0) is 37.4 Å². The van der Waals surface area contributed by atoms with Crippen LogP contribution in [0.15, 0.2) is 0 Å². The van der Waals surface area contributed by atoms with Crippen molar-refractivity contribution in [2.24, 2.45) is 11.8 Å². The predicted molar refractivity (Wildman–Crippen MR) is 67.0 cm³/mol. The van der Waals surface area contributed by atoms with Crippen molar-refractivity contribution in [1.82, 2.24) is 10.2 Å². The highest BCUT2D eigenvalue weighted by molar-refractivity contribution is 7.80. The van der Waals surface area contributed by atoms with Crippen LogP contribution in [0.2, 0.25) is 0 Å². The fraction of sp³-hybridized carbons (Fsp3) is 0.909. The molecule has 3 unspecified atom stereocenters. The number of methoxy groups -OCH3 is 1. The Kier molecular flexibility index (Phi) is 4.80. The number of nitrogens with zero attached hydrogens (tertiary/aromatic N) is 1. The maximum Gasteiger partial charge on any atom is 0.168 e. The molecule has 0 amide bonds. The molecule has 3 nitrogen and oxygen atoms in total. The molecule has 3 atom stereocenters. The summed E-state index contributed by atoms with van der Waals surface area (Å²) < 4.78 is 5.05. The van der Waals surface area contributed by atoms with Crippen molar-refractivity contribution in [3.8, 4) is 0 Å². The average molecular weight is 230 g/mol. The van der Waals surface area contributed by atoms with Gasteiger partial charge in [-0.2, -0.15) is 0 Å². The van der Waals surface area contributed by atoms with E-state index in [2.05, 4.69) is 31.1 Å². The normalized spacial score (nSPS) is 25.9. The second-order valence-electron chi connectivity index (χ2n) is 4.66. The lowest BCUT2D eigenvalue weighted by Crippen LogP contribution is -2.44. The van der Waals surface area contributed by atoms with Crippen LogP contribution < -0.4 is 5.32 Å². The Morgan fingerprint density at radius 1 is 1.67 bits per heavy atom. The molecule has 1 N–H and O–H groups in total. The first-order valence-electron chi connectivity index (χ1n) is 5.55. The van der Waals surface area contributed by atoms with E-state index in [-0.39, 0.29) is 6.04 Å². The van der Waals surface area contributed by atoms with E-state index in [4.69, 9.17) is 17.0 Å². The quantitative estimate of drug-likeness (QED) is 0.723. The van der Waals surface area contributed by atoms with Crippen LogP contribution >= 0.6 is 12.2 Å². The molecule has 0 aromatic carbocycles. The van der Waals surface area contributed by atoms with Crippen molar-refractivity contribution in [3.05, 3.63) is 0 Å². The number of rotatable bonds is 5. The fourth-order valence-corrected chi connectivity index (χ4v) is 1.98. The number of nitrogens with one attached hydrogen (secondary N) is 1. The lowest BCUT2D eigenvalue weighted by Gasteiger charge is -2.24. The lowest BCUT2D eigenvalue weighted by atomic mass is 10.3. The van der Waals surface area contributed by atoms with E-state index >= 15 is 0 Å². The average Bonchev–Trinajstić information content (AvgIpc) is 2.81. The molecule has 1 fully saturated rings. The zero-order chi connectivity index (χ0) is 11.4. The number of hydrogen-bond donors (Lipinski definition) is 1. The molecule has 88 valence electrons. The zero-order valence-electron chi connectivity index (χ0n) is 10.1. The van der Waals surface area contributed by atoms with Crippen LogP contribution in [0.5, 0.6) is 0 Å². The van der Waals surface area contributed by atoms with Gasteiger partial charge in [0, 0.05) is 26.7 Å². The molecule has 0 bridgehead atoms. The smallest absolute Gasteiger partial charge is 0.168 e. The van der Waals surface area contributed by atoms with E-state index in [1.54, 1.807) is 7.11 Å². The highest BCUT2D eigenvalue weighted by Crippen LogP contribution is 2.37. The van der Waals surface area contributed by atoms with Gasteiger partial charge in [0.25, 0.3) is 0 Å². The summed E-state index contributed by atoms with van der Waals surface area (Å²) in [6.45, 7) is 6.13. The third-order valence-corrected chi connectivity index (χ3v) is 3.35. The van der Waals surface area contributed by atoms with Crippen LogP contribution in [0.4, 0.5) is 0 Å². The molecule has 15 heavy (non-hydrogen) atoms. The van der Waals surface area contributed by atoms with E-state index in [0.29, 0.717) is 6.61 Å². The molecule has 0 saturated heterocycles. The maximum absolute atomic E-state index is 5.31. The van der Waals surface area contributed by atoms with Crippen molar-refractivity contribution in [2.45, 2.75) is 26.3 Å². The van der Waals surface area contributed by atoms with Gasteiger partial charge in [-0.25, -0.2) is 0 Å². The second-order valence-corrected chi connectivity index (χ2v) is 5.05. The summed E-state index contributed by atoms with van der Waals surface area (Å²) in [5.41, 5.74) is 0. The van der Waals surface area contributed by atoms with Gasteiger partial charge < -0.3 is 15.0 Å². The molecule has 1 saturated carbocycles. The van der Waals surface area contributed by atoms with Crippen molar-refractivity contribution < 1.29 is 4.74 Å². The van der Waals surface area contributed by atoms with Crippen molar-refractivity contribution >= 4 is 17.3 Å². The first-order valence-corrected chi connectivity index (χ1v) is 5.96. The Morgan fingerprint density at radius 2 is 2.27 bits per heavy atom. The Balaban J connectivity index is 2.20. The van der Waals surface area contributed by atoms with Gasteiger partial charge in [-0.3, -0.25) is 0 Å². The molecule has 0 aromatic heterocycles. The van der Waals surface area contributed by atoms with Gasteiger partial charge >= 0.3 is 0 Å². The van der Waals surface area contributed by atoms with Gasteiger partial charge in [0.1, 0.15) is 0 Å². The molecule has 0 aliphatic heterocycles. The van der Waals surface area contributed by atoms with Crippen LogP contribution in [0.1, 0.15) is 20.3 Å². The molecular weight excluding hydrogens is 208 g/mol. The van der Waals surface area contributed by atoms with Gasteiger partial charge in [-0.1, -0.05) is 6.92 Å². The largest absolute Gasteiger partial charge is 0.383 e. The Hall–Kier alpha value is -0.350. The summed E-state index contributed by atoms with van der Waals surface area (Å²) in [7, 11) is 3.76. The van der Waals surface area contributed by atoms with Crippen LogP contribution in [0, 0.1) is 11.8 Å². The summed E-state index contributed by atoms with van der Waals surface area (Å²) in [4.78, 5) is 2.13. The molecule has 4 heteroatoms. The Bertz CT molecular complexity index is 223. The topological polar surface area (TPSA) is 24.5 Å². The first kappa shape index (κ1) is 12.7. The van der Waals surface area contributed by atoms with Crippen molar-refractivity contribution in [3.63, 3.8) is 0 Å². The Morgan fingerprint density at radius 3 is 2.73 bits per heavy atom. The SMILES string of the molecule is COCC(C)NC(=S)N(C)CC1CC1C. The van der Waals surface area contributed by atoms with Crippen molar-refractivity contribution in [1.29, 1.82) is 0 Å². The predicted octanol–water partition coefficient (Wildman–Crippen LogP) is 1.48. The standard InChI is InChI=1S/C11H22N2OS/c1-8-5-10(8)6-13(3)11(15)12-9(2)7-14-4/h8-10H,5-7H2,1-4H3,(H,12,15). The van der Waals surface area contributed by atoms with E-state index in [9.17, 15) is 0 Å². The molecular formula is C11H22N2OS. The monoisotopic (exact) mass is 230 g/mol. The van der Waals surface area contributed by atoms with Crippen molar-refractivity contribution in [2.75, 3.05) is 27.3 Å². The third kappa shape index (κ3) is 4.34. The van der Waals surface area contributed by atoms with Crippen LogP contribution in [0.25, 0.3) is 0 Å². The minimum atomic E-state index is 0.279. The third-order valence-electron chi connectivity index (χ3n) is 2.92. The van der Waals surface area contributed by atoms with E-state index in [0.717, 1.165) is 23.5 Å². The minimum Gasteiger partial charge on any atom is -0.383 e. The van der Waals surface area contributed by atoms with Crippen LogP contribution in [-0.2, 0) is 4.74 Å². The van der Waals surface area contributed by atoms with Gasteiger partial charge in [0.2, 0.25) is 0 Å². The molecule has 0 heterocycles.